The second-order valence-corrected chi connectivity index (χ2v) is 7.84. The van der Waals surface area contributed by atoms with E-state index in [9.17, 15) is 4.79 Å². The summed E-state index contributed by atoms with van der Waals surface area (Å²) < 4.78 is 5.76. The highest BCUT2D eigenvalue weighted by Gasteiger charge is 2.21. The fourth-order valence-electron chi connectivity index (χ4n) is 3.33. The first-order chi connectivity index (χ1) is 12.1. The third-order valence-electron chi connectivity index (χ3n) is 4.32. The molecule has 1 saturated heterocycles. The van der Waals surface area contributed by atoms with Crippen molar-refractivity contribution in [3.8, 4) is 0 Å². The smallest absolute Gasteiger partial charge is 0.238 e. The first-order valence-corrected chi connectivity index (χ1v) is 9.71. The molecule has 1 fully saturated rings. The maximum absolute atomic E-state index is 12.6. The van der Waals surface area contributed by atoms with Gasteiger partial charge in [0, 0.05) is 30.3 Å². The number of nitrogens with zero attached hydrogens (tertiary/aromatic N) is 1. The van der Waals surface area contributed by atoms with Crippen molar-refractivity contribution in [1.82, 2.24) is 4.90 Å². The lowest BCUT2D eigenvalue weighted by Gasteiger charge is -2.24. The van der Waals surface area contributed by atoms with Gasteiger partial charge in [-0.05, 0) is 61.4 Å². The van der Waals surface area contributed by atoms with Gasteiger partial charge in [-0.2, -0.15) is 0 Å². The van der Waals surface area contributed by atoms with Gasteiger partial charge in [-0.15, -0.1) is 11.3 Å². The number of hydrogen-bond donors (Lipinski definition) is 1. The molecule has 1 aliphatic rings. The molecule has 1 aromatic heterocycles. The summed E-state index contributed by atoms with van der Waals surface area (Å²) in [6.07, 6.45) is 2.44. The monoisotopic (exact) mass is 358 g/mol. The van der Waals surface area contributed by atoms with Crippen molar-refractivity contribution in [2.75, 3.05) is 25.0 Å². The van der Waals surface area contributed by atoms with Crippen molar-refractivity contribution in [2.24, 2.45) is 0 Å². The van der Waals surface area contributed by atoms with Gasteiger partial charge in [0.2, 0.25) is 5.91 Å². The fourth-order valence-corrected chi connectivity index (χ4v) is 4.08. The first kappa shape index (κ1) is 18.1. The molecule has 0 aliphatic carbocycles. The van der Waals surface area contributed by atoms with Gasteiger partial charge in [0.25, 0.3) is 0 Å². The van der Waals surface area contributed by atoms with Crippen LogP contribution in [0.3, 0.4) is 0 Å². The molecule has 2 aromatic rings. The van der Waals surface area contributed by atoms with Crippen LogP contribution in [0.15, 0.2) is 35.7 Å². The predicted molar refractivity (Wildman–Crippen MR) is 103 cm³/mol. The van der Waals surface area contributed by atoms with Crippen LogP contribution < -0.4 is 5.32 Å². The molecule has 0 radical (unpaired) electrons. The molecule has 5 heteroatoms. The van der Waals surface area contributed by atoms with Crippen LogP contribution in [0.5, 0.6) is 0 Å². The molecule has 1 N–H and O–H groups in total. The van der Waals surface area contributed by atoms with E-state index in [1.54, 1.807) is 11.3 Å². The summed E-state index contributed by atoms with van der Waals surface area (Å²) >= 11 is 1.73. The molecule has 2 heterocycles. The van der Waals surface area contributed by atoms with Crippen molar-refractivity contribution in [1.29, 1.82) is 0 Å². The normalized spacial score (nSPS) is 17.2. The van der Waals surface area contributed by atoms with Gasteiger partial charge < -0.3 is 10.1 Å². The zero-order chi connectivity index (χ0) is 17.6. The van der Waals surface area contributed by atoms with Crippen LogP contribution in [-0.4, -0.2) is 36.6 Å². The summed E-state index contributed by atoms with van der Waals surface area (Å²) in [4.78, 5) is 16.0. The molecule has 4 nitrogen and oxygen atoms in total. The summed E-state index contributed by atoms with van der Waals surface area (Å²) in [7, 11) is 0. The van der Waals surface area contributed by atoms with E-state index in [2.05, 4.69) is 33.8 Å². The maximum Gasteiger partial charge on any atom is 0.238 e. The van der Waals surface area contributed by atoms with Crippen LogP contribution in [-0.2, 0) is 16.1 Å². The highest BCUT2D eigenvalue weighted by atomic mass is 32.1. The van der Waals surface area contributed by atoms with E-state index in [4.69, 9.17) is 4.74 Å². The van der Waals surface area contributed by atoms with Gasteiger partial charge in [0.05, 0.1) is 12.6 Å². The molecule has 1 atom stereocenters. The van der Waals surface area contributed by atoms with Gasteiger partial charge in [0.15, 0.2) is 0 Å². The molecule has 0 unspecified atom stereocenters. The average molecular weight is 359 g/mol. The minimum absolute atomic E-state index is 0.0274. The summed E-state index contributed by atoms with van der Waals surface area (Å²) in [5.41, 5.74) is 3.19. The molecule has 0 spiro atoms. The van der Waals surface area contributed by atoms with Crippen molar-refractivity contribution in [3.05, 3.63) is 51.7 Å². The Morgan fingerprint density at radius 1 is 1.32 bits per heavy atom. The molecule has 0 saturated carbocycles. The Bertz CT molecular complexity index is 673. The maximum atomic E-state index is 12.6. The van der Waals surface area contributed by atoms with E-state index in [0.29, 0.717) is 6.54 Å². The summed E-state index contributed by atoms with van der Waals surface area (Å²) in [6, 6.07) is 10.3. The quantitative estimate of drug-likeness (QED) is 0.814. The Labute approximate surface area is 153 Å². The Balaban J connectivity index is 1.62. The molecule has 1 aliphatic heterocycles. The SMILES string of the molecule is Cc1cc(C)cc(NC(=O)CN(Cc2cccs2)C[C@H]2CCCO2)c1. The van der Waals surface area contributed by atoms with E-state index < -0.39 is 0 Å². The van der Waals surface area contributed by atoms with Crippen LogP contribution in [0.4, 0.5) is 5.69 Å². The number of aryl methyl sites for hydroxylation is 2. The van der Waals surface area contributed by atoms with Gasteiger partial charge in [-0.3, -0.25) is 9.69 Å². The van der Waals surface area contributed by atoms with Crippen LogP contribution in [0.1, 0.15) is 28.8 Å². The number of anilines is 1. The second-order valence-electron chi connectivity index (χ2n) is 6.81. The van der Waals surface area contributed by atoms with Crippen molar-refractivity contribution >= 4 is 22.9 Å². The molecule has 3 rings (SSSR count). The number of amides is 1. The summed E-state index contributed by atoms with van der Waals surface area (Å²) in [5, 5.41) is 5.12. The van der Waals surface area contributed by atoms with Crippen LogP contribution in [0.2, 0.25) is 0 Å². The summed E-state index contributed by atoms with van der Waals surface area (Å²) in [5.74, 6) is 0.0274. The number of thiophene rings is 1. The first-order valence-electron chi connectivity index (χ1n) is 8.83. The minimum Gasteiger partial charge on any atom is -0.377 e. The third-order valence-corrected chi connectivity index (χ3v) is 5.18. The van der Waals surface area contributed by atoms with Crippen molar-refractivity contribution in [3.63, 3.8) is 0 Å². The molecular weight excluding hydrogens is 332 g/mol. The Morgan fingerprint density at radius 3 is 2.76 bits per heavy atom. The van der Waals surface area contributed by atoms with E-state index in [0.717, 1.165) is 49.4 Å². The predicted octanol–water partition coefficient (Wildman–Crippen LogP) is 3.98. The average Bonchev–Trinajstić information content (AvgIpc) is 3.19. The van der Waals surface area contributed by atoms with Crippen molar-refractivity contribution in [2.45, 2.75) is 39.3 Å². The largest absolute Gasteiger partial charge is 0.377 e. The minimum atomic E-state index is 0.0274. The lowest BCUT2D eigenvalue weighted by Crippen LogP contribution is -2.37. The van der Waals surface area contributed by atoms with E-state index >= 15 is 0 Å². The lowest BCUT2D eigenvalue weighted by molar-refractivity contribution is -0.117. The van der Waals surface area contributed by atoms with E-state index in [-0.39, 0.29) is 12.0 Å². The van der Waals surface area contributed by atoms with Gasteiger partial charge >= 0.3 is 0 Å². The summed E-state index contributed by atoms with van der Waals surface area (Å²) in [6.45, 7) is 6.90. The lowest BCUT2D eigenvalue weighted by atomic mass is 10.1. The topological polar surface area (TPSA) is 41.6 Å². The van der Waals surface area contributed by atoms with E-state index in [1.165, 1.54) is 4.88 Å². The van der Waals surface area contributed by atoms with Crippen molar-refractivity contribution < 1.29 is 9.53 Å². The van der Waals surface area contributed by atoms with Gasteiger partial charge in [-0.1, -0.05) is 12.1 Å². The van der Waals surface area contributed by atoms with Crippen LogP contribution >= 0.6 is 11.3 Å². The number of hydrogen-bond acceptors (Lipinski definition) is 4. The Morgan fingerprint density at radius 2 is 2.12 bits per heavy atom. The number of carbonyl (C=O) groups is 1. The highest BCUT2D eigenvalue weighted by molar-refractivity contribution is 7.09. The number of rotatable bonds is 7. The number of carbonyl (C=O) groups excluding carboxylic acids is 1. The molecule has 25 heavy (non-hydrogen) atoms. The zero-order valence-corrected chi connectivity index (χ0v) is 15.8. The second kappa shape index (κ2) is 8.61. The standard InChI is InChI=1S/C20H26N2O2S/c1-15-9-16(2)11-17(10-15)21-20(23)14-22(12-18-5-3-7-24-18)13-19-6-4-8-25-19/h4,6,8-11,18H,3,5,7,12-14H2,1-2H3,(H,21,23)/t18-/m1/s1. The van der Waals surface area contributed by atoms with Crippen LogP contribution in [0, 0.1) is 13.8 Å². The number of nitrogens with one attached hydrogen (secondary N) is 1. The molecule has 134 valence electrons. The van der Waals surface area contributed by atoms with Crippen LogP contribution in [0.25, 0.3) is 0 Å². The fraction of sp³-hybridized carbons (Fsp3) is 0.450. The molecule has 1 amide bonds. The van der Waals surface area contributed by atoms with Gasteiger partial charge in [0.1, 0.15) is 0 Å². The Hall–Kier alpha value is -1.69. The zero-order valence-electron chi connectivity index (χ0n) is 15.0. The molecular formula is C20H26N2O2S. The molecule has 1 aromatic carbocycles. The Kier molecular flexibility index (Phi) is 6.24. The van der Waals surface area contributed by atoms with Gasteiger partial charge in [-0.25, -0.2) is 0 Å². The molecule has 0 bridgehead atoms. The highest BCUT2D eigenvalue weighted by Crippen LogP contribution is 2.18. The third kappa shape index (κ3) is 5.66. The van der Waals surface area contributed by atoms with E-state index in [1.807, 2.05) is 26.0 Å². The number of benzene rings is 1. The number of ether oxygens (including phenoxy) is 1.